The Morgan fingerprint density at radius 3 is 2.46 bits per heavy atom. The highest BCUT2D eigenvalue weighted by atomic mass is 19.3. The van der Waals surface area contributed by atoms with E-state index in [9.17, 15) is 14.7 Å². The molecule has 10 atom stereocenters. The van der Waals surface area contributed by atoms with Crippen LogP contribution in [0.3, 0.4) is 0 Å². The number of piperidine rings is 1. The molecule has 59 heavy (non-hydrogen) atoms. The summed E-state index contributed by atoms with van der Waals surface area (Å²) in [4.78, 5) is 52.5. The third kappa shape index (κ3) is 5.17. The molecule has 14 heteroatoms. The van der Waals surface area contributed by atoms with Crippen LogP contribution < -0.4 is 9.64 Å². The average Bonchev–Trinajstić information content (AvgIpc) is 3.86. The molecule has 12 nitrogen and oxygen atoms in total. The van der Waals surface area contributed by atoms with Crippen LogP contribution in [0.4, 0.5) is 14.5 Å². The molecule has 3 fully saturated rings. The molecule has 1 aromatic heterocycles. The third-order valence-corrected chi connectivity index (χ3v) is 15.3. The van der Waals surface area contributed by atoms with Gasteiger partial charge in [0.15, 0.2) is 6.10 Å². The Kier molecular flexibility index (Phi) is 9.12. The summed E-state index contributed by atoms with van der Waals surface area (Å²) in [6.07, 6.45) is 4.04. The number of likely N-dealkylation sites (N-methyl/N-ethyl adjacent to an activating group) is 1. The number of aromatic amines is 1. The van der Waals surface area contributed by atoms with Crippen LogP contribution in [0.5, 0.6) is 5.75 Å². The molecule has 6 aliphatic rings. The van der Waals surface area contributed by atoms with Gasteiger partial charge in [0.1, 0.15) is 11.2 Å². The molecule has 2 N–H and O–H groups in total. The molecule has 2 aromatic carbocycles. The number of hydrogen-bond donors (Lipinski definition) is 2. The van der Waals surface area contributed by atoms with Crippen LogP contribution in [0, 0.1) is 17.3 Å². The summed E-state index contributed by atoms with van der Waals surface area (Å²) in [5.41, 5.74) is -1.64. The van der Waals surface area contributed by atoms with E-state index in [0.29, 0.717) is 61.7 Å². The first-order valence-electron chi connectivity index (χ1n) is 20.7. The molecule has 5 aliphatic heterocycles. The number of rotatable bonds is 7. The van der Waals surface area contributed by atoms with Gasteiger partial charge in [-0.2, -0.15) is 0 Å². The molecule has 1 aliphatic carbocycles. The number of fused-ring (bicyclic) bond motifs is 6. The lowest BCUT2D eigenvalue weighted by atomic mass is 9.47. The smallest absolute Gasteiger partial charge is 0.344 e. The predicted octanol–water partition coefficient (Wildman–Crippen LogP) is 5.08. The SMILES string of the molecule is CC[C@]12C=CCN3CC[C@]4(c5cc([C@]6(C(=O)OC)C[C@H]7C[C@H](C(C)(F)F)CN(Cc8c6[nH]c6ccccc86)C7)c(OC)cc5N(C)[C@@H]4[C@](O)(C(=O)OC)[C@@H]1OC(C)=O)[C@H]32. The monoisotopic (exact) mass is 816 g/mol. The van der Waals surface area contributed by atoms with Crippen LogP contribution in [0.25, 0.3) is 10.9 Å². The molecule has 1 saturated carbocycles. The summed E-state index contributed by atoms with van der Waals surface area (Å²) in [5, 5.41) is 14.2. The van der Waals surface area contributed by atoms with Crippen molar-refractivity contribution in [2.45, 2.75) is 93.5 Å². The number of esters is 3. The number of hydrogen-bond acceptors (Lipinski definition) is 11. The van der Waals surface area contributed by atoms with Crippen molar-refractivity contribution in [1.29, 1.82) is 0 Å². The minimum Gasteiger partial charge on any atom is -0.496 e. The van der Waals surface area contributed by atoms with Gasteiger partial charge in [0.2, 0.25) is 11.5 Å². The van der Waals surface area contributed by atoms with Crippen molar-refractivity contribution in [2.24, 2.45) is 17.3 Å². The first-order chi connectivity index (χ1) is 28.1. The standard InChI is InChI=1S/C45H54F2N4O8/c1-8-42-14-11-16-51-17-15-43(36(42)51)30-19-31(34(56-5)20-33(30)49(4)37(43)45(55,40(54)58-7)38(42)59-25(2)52)44(39(53)57-6)21-26-18-27(41(3,46)47)23-50(22-26)24-29-28-12-9-10-13-32(28)48-35(29)44/h9-14,19-20,26-27,36-38,48,55H,8,15-18,21-24H2,1-7H3/t26-,27+,36-,37+,38-,42-,43+,44-,45-/m1/s1. The van der Waals surface area contributed by atoms with Crippen molar-refractivity contribution in [1.82, 2.24) is 14.8 Å². The van der Waals surface area contributed by atoms with E-state index in [2.05, 4.69) is 14.8 Å². The second-order valence-electron chi connectivity index (χ2n) is 18.0. The third-order valence-electron chi connectivity index (χ3n) is 15.3. The fourth-order valence-corrected chi connectivity index (χ4v) is 13.2. The van der Waals surface area contributed by atoms with Gasteiger partial charge in [-0.05, 0) is 68.3 Å². The zero-order chi connectivity index (χ0) is 42.0. The number of aliphatic hydroxyl groups is 1. The number of H-pyrrole nitrogens is 1. The van der Waals surface area contributed by atoms with E-state index in [0.717, 1.165) is 29.0 Å². The first kappa shape index (κ1) is 39.9. The Balaban J connectivity index is 1.35. The number of anilines is 1. The van der Waals surface area contributed by atoms with E-state index >= 15 is 13.6 Å². The van der Waals surface area contributed by atoms with Gasteiger partial charge in [-0.15, -0.1) is 0 Å². The summed E-state index contributed by atoms with van der Waals surface area (Å²) in [6, 6.07) is 10.3. The van der Waals surface area contributed by atoms with E-state index < -0.39 is 63.7 Å². The van der Waals surface area contributed by atoms with E-state index in [4.69, 9.17) is 18.9 Å². The van der Waals surface area contributed by atoms with E-state index in [1.54, 1.807) is 0 Å². The molecular formula is C45H54F2N4O8. The van der Waals surface area contributed by atoms with E-state index in [1.165, 1.54) is 28.3 Å². The number of para-hydroxylation sites is 1. The number of carbonyl (C=O) groups excluding carboxylic acids is 3. The van der Waals surface area contributed by atoms with Gasteiger partial charge in [0.05, 0.1) is 27.4 Å². The van der Waals surface area contributed by atoms with Crippen LogP contribution in [0.15, 0.2) is 48.6 Å². The van der Waals surface area contributed by atoms with Gasteiger partial charge in [-0.3, -0.25) is 19.4 Å². The quantitative estimate of drug-likeness (QED) is 0.188. The fraction of sp³-hybridized carbons (Fsp3) is 0.578. The number of carbonyl (C=O) groups is 3. The molecule has 1 spiro atoms. The van der Waals surface area contributed by atoms with Crippen molar-refractivity contribution in [3.05, 3.63) is 70.9 Å². The average molecular weight is 817 g/mol. The summed E-state index contributed by atoms with van der Waals surface area (Å²) in [6.45, 7) is 6.55. The highest BCUT2D eigenvalue weighted by Gasteiger charge is 2.80. The lowest BCUT2D eigenvalue weighted by Crippen LogP contribution is -2.81. The second-order valence-corrected chi connectivity index (χ2v) is 18.0. The number of nitrogens with zero attached hydrogens (tertiary/aromatic N) is 3. The Hall–Kier alpha value is -4.53. The largest absolute Gasteiger partial charge is 0.496 e. The van der Waals surface area contributed by atoms with E-state index in [1.807, 2.05) is 67.4 Å². The summed E-state index contributed by atoms with van der Waals surface area (Å²) in [5.74, 6) is -5.92. The number of halogens is 2. The van der Waals surface area contributed by atoms with Gasteiger partial charge in [0.25, 0.3) is 0 Å². The van der Waals surface area contributed by atoms with Crippen LogP contribution in [-0.4, -0.2) is 122 Å². The number of ether oxygens (including phenoxy) is 4. The highest BCUT2D eigenvalue weighted by Crippen LogP contribution is 2.68. The maximum Gasteiger partial charge on any atom is 0.344 e. The van der Waals surface area contributed by atoms with Crippen molar-refractivity contribution in [3.8, 4) is 5.75 Å². The maximum atomic E-state index is 15.3. The molecule has 0 amide bonds. The van der Waals surface area contributed by atoms with Gasteiger partial charge < -0.3 is 33.9 Å². The van der Waals surface area contributed by atoms with Crippen molar-refractivity contribution >= 4 is 34.5 Å². The zero-order valence-corrected chi connectivity index (χ0v) is 34.8. The minimum atomic E-state index is -2.94. The van der Waals surface area contributed by atoms with Crippen LogP contribution in [-0.2, 0) is 46.0 Å². The fourth-order valence-electron chi connectivity index (χ4n) is 13.2. The molecule has 6 heterocycles. The number of aromatic nitrogens is 1. The molecule has 2 bridgehead atoms. The Labute approximate surface area is 342 Å². The lowest BCUT2D eigenvalue weighted by molar-refractivity contribution is -0.228. The van der Waals surface area contributed by atoms with Gasteiger partial charge in [-0.25, -0.2) is 13.6 Å². The summed E-state index contributed by atoms with van der Waals surface area (Å²) >= 11 is 0. The van der Waals surface area contributed by atoms with Crippen molar-refractivity contribution in [3.63, 3.8) is 0 Å². The normalized spacial score (nSPS) is 35.8. The molecule has 9 rings (SSSR count). The Morgan fingerprint density at radius 1 is 1.03 bits per heavy atom. The van der Waals surface area contributed by atoms with Gasteiger partial charge in [0, 0.05) is 96.9 Å². The topological polar surface area (TPSA) is 134 Å². The van der Waals surface area contributed by atoms with Gasteiger partial charge >= 0.3 is 17.9 Å². The Bertz CT molecular complexity index is 2270. The molecule has 2 saturated heterocycles. The number of alkyl halides is 2. The predicted molar refractivity (Wildman–Crippen MR) is 214 cm³/mol. The van der Waals surface area contributed by atoms with Gasteiger partial charge in [-0.1, -0.05) is 37.3 Å². The molecule has 316 valence electrons. The zero-order valence-electron chi connectivity index (χ0n) is 34.8. The lowest BCUT2D eigenvalue weighted by Gasteiger charge is -2.63. The van der Waals surface area contributed by atoms with E-state index in [-0.39, 0.29) is 31.3 Å². The number of methoxy groups -OCH3 is 3. The van der Waals surface area contributed by atoms with Crippen molar-refractivity contribution < 1.29 is 47.2 Å². The summed E-state index contributed by atoms with van der Waals surface area (Å²) in [7, 11) is 5.94. The van der Waals surface area contributed by atoms with Crippen LogP contribution in [0.2, 0.25) is 0 Å². The first-order valence-corrected chi connectivity index (χ1v) is 20.7. The molecule has 0 radical (unpaired) electrons. The highest BCUT2D eigenvalue weighted by molar-refractivity contribution is 5.95. The maximum absolute atomic E-state index is 15.3. The number of nitrogens with one attached hydrogen (secondary N) is 1. The van der Waals surface area contributed by atoms with Crippen molar-refractivity contribution in [2.75, 3.05) is 59.5 Å². The van der Waals surface area contributed by atoms with Crippen LogP contribution in [0.1, 0.15) is 68.8 Å². The minimum absolute atomic E-state index is 0.155. The molecule has 1 unspecified atom stereocenters. The molecule has 3 aromatic rings. The summed E-state index contributed by atoms with van der Waals surface area (Å²) < 4.78 is 54.3. The Morgan fingerprint density at radius 2 is 1.78 bits per heavy atom. The second kappa shape index (κ2) is 13.5. The number of benzene rings is 2. The molecular weight excluding hydrogens is 763 g/mol. The van der Waals surface area contributed by atoms with Crippen LogP contribution >= 0.6 is 0 Å².